The Bertz CT molecular complexity index is 371. The highest BCUT2D eigenvalue weighted by Gasteiger charge is 2.39. The molecular weight excluding hydrogens is 464 g/mol. The Balaban J connectivity index is 3.45. The summed E-state index contributed by atoms with van der Waals surface area (Å²) in [7, 11) is 0. The molecule has 16 heavy (non-hydrogen) atoms. The summed E-state index contributed by atoms with van der Waals surface area (Å²) in [5, 5.41) is 0. The summed E-state index contributed by atoms with van der Waals surface area (Å²) in [5.74, 6) is 0. The van der Waals surface area contributed by atoms with Gasteiger partial charge in [0, 0.05) is 7.14 Å². The number of hydrogen-bond acceptors (Lipinski definition) is 0. The number of benzene rings is 1. The average Bonchev–Trinajstić information content (AvgIpc) is 1.97. The van der Waals surface area contributed by atoms with Crippen LogP contribution in [0.25, 0.3) is 0 Å². The maximum absolute atomic E-state index is 12.4. The van der Waals surface area contributed by atoms with Crippen molar-refractivity contribution in [1.29, 1.82) is 0 Å². The van der Waals surface area contributed by atoms with Crippen molar-refractivity contribution in [1.82, 2.24) is 0 Å². The second kappa shape index (κ2) is 4.50. The molecule has 1 rings (SSSR count). The first-order valence-electron chi connectivity index (χ1n) is 3.67. The monoisotopic (exact) mass is 466 g/mol. The largest absolute Gasteiger partial charge is 0.417 e. The Morgan fingerprint density at radius 1 is 0.688 bits per heavy atom. The minimum absolute atomic E-state index is 0.142. The quantitative estimate of drug-likeness (QED) is 0.376. The summed E-state index contributed by atoms with van der Waals surface area (Å²) in [6.45, 7) is 0. The van der Waals surface area contributed by atoms with E-state index in [1.165, 1.54) is 45.2 Å². The van der Waals surface area contributed by atoms with Crippen molar-refractivity contribution >= 4 is 45.2 Å². The van der Waals surface area contributed by atoms with E-state index in [1.54, 1.807) is 0 Å². The molecule has 0 amide bonds. The molecule has 0 spiro atoms. The van der Waals surface area contributed by atoms with Gasteiger partial charge in [0.05, 0.1) is 11.1 Å². The minimum atomic E-state index is -4.78. The molecule has 0 saturated heterocycles. The molecule has 0 fully saturated rings. The maximum atomic E-state index is 12.4. The van der Waals surface area contributed by atoms with Crippen LogP contribution in [0, 0.1) is 7.14 Å². The molecule has 0 atom stereocenters. The number of rotatable bonds is 0. The molecule has 1 aromatic carbocycles. The van der Waals surface area contributed by atoms with Gasteiger partial charge >= 0.3 is 12.4 Å². The SMILES string of the molecule is FC(F)(F)c1cc(C(F)(F)F)c(I)cc1I. The first-order valence-corrected chi connectivity index (χ1v) is 5.82. The van der Waals surface area contributed by atoms with E-state index < -0.39 is 23.5 Å². The summed E-state index contributed by atoms with van der Waals surface area (Å²) in [4.78, 5) is 0. The van der Waals surface area contributed by atoms with E-state index in [1.807, 2.05) is 0 Å². The predicted molar refractivity (Wildman–Crippen MR) is 61.9 cm³/mol. The van der Waals surface area contributed by atoms with Gasteiger partial charge in [-0.1, -0.05) is 0 Å². The minimum Gasteiger partial charge on any atom is -0.166 e. The third-order valence-corrected chi connectivity index (χ3v) is 3.45. The Labute approximate surface area is 114 Å². The van der Waals surface area contributed by atoms with Crippen LogP contribution in [0.15, 0.2) is 12.1 Å². The summed E-state index contributed by atoms with van der Waals surface area (Å²) in [5.41, 5.74) is -2.53. The van der Waals surface area contributed by atoms with Crippen LogP contribution >= 0.6 is 45.2 Å². The van der Waals surface area contributed by atoms with E-state index in [2.05, 4.69) is 0 Å². The van der Waals surface area contributed by atoms with Crippen molar-refractivity contribution in [3.8, 4) is 0 Å². The first kappa shape index (κ1) is 14.3. The smallest absolute Gasteiger partial charge is 0.166 e. The van der Waals surface area contributed by atoms with Crippen LogP contribution in [0.5, 0.6) is 0 Å². The highest BCUT2D eigenvalue weighted by Crippen LogP contribution is 2.39. The first-order chi connectivity index (χ1) is 7.03. The molecule has 8 heteroatoms. The summed E-state index contributed by atoms with van der Waals surface area (Å²) in [6, 6.07) is 1.01. The van der Waals surface area contributed by atoms with Crippen LogP contribution in [-0.2, 0) is 12.4 Å². The van der Waals surface area contributed by atoms with E-state index in [0.717, 1.165) is 6.07 Å². The molecule has 0 heterocycles. The fourth-order valence-electron chi connectivity index (χ4n) is 0.983. The maximum Gasteiger partial charge on any atom is 0.417 e. The Morgan fingerprint density at radius 2 is 1.00 bits per heavy atom. The average molecular weight is 466 g/mol. The van der Waals surface area contributed by atoms with Crippen LogP contribution in [0.3, 0.4) is 0 Å². The van der Waals surface area contributed by atoms with Gasteiger partial charge in [-0.2, -0.15) is 26.3 Å². The van der Waals surface area contributed by atoms with Crippen LogP contribution in [-0.4, -0.2) is 0 Å². The summed E-state index contributed by atoms with van der Waals surface area (Å²) >= 11 is 2.73. The third kappa shape index (κ3) is 3.14. The molecule has 0 unspecified atom stereocenters. The molecule has 0 saturated carbocycles. The molecule has 0 radical (unpaired) electrons. The molecule has 0 bridgehead atoms. The van der Waals surface area contributed by atoms with Crippen LogP contribution in [0.2, 0.25) is 0 Å². The second-order valence-electron chi connectivity index (χ2n) is 2.81. The van der Waals surface area contributed by atoms with Gasteiger partial charge in [-0.15, -0.1) is 0 Å². The van der Waals surface area contributed by atoms with Crippen LogP contribution < -0.4 is 0 Å². The highest BCUT2D eigenvalue weighted by molar-refractivity contribution is 14.1. The van der Waals surface area contributed by atoms with Crippen molar-refractivity contribution in [3.05, 3.63) is 30.4 Å². The van der Waals surface area contributed by atoms with Gasteiger partial charge < -0.3 is 0 Å². The Morgan fingerprint density at radius 3 is 1.25 bits per heavy atom. The molecule has 0 N–H and O–H groups in total. The molecule has 0 nitrogen and oxygen atoms in total. The van der Waals surface area contributed by atoms with Gasteiger partial charge in [0.15, 0.2) is 0 Å². The van der Waals surface area contributed by atoms with Gasteiger partial charge in [0.25, 0.3) is 0 Å². The van der Waals surface area contributed by atoms with E-state index in [-0.39, 0.29) is 13.2 Å². The number of hydrogen-bond donors (Lipinski definition) is 0. The van der Waals surface area contributed by atoms with Gasteiger partial charge in [0.1, 0.15) is 0 Å². The lowest BCUT2D eigenvalue weighted by Crippen LogP contribution is -2.14. The van der Waals surface area contributed by atoms with Crippen molar-refractivity contribution in [2.75, 3.05) is 0 Å². The zero-order chi connectivity index (χ0) is 12.7. The standard InChI is InChI=1S/C8H2F6I2/c9-7(10,11)3-1-4(8(12,13)14)6(16)2-5(3)15/h1-2H. The Kier molecular flexibility index (Phi) is 4.03. The summed E-state index contributed by atoms with van der Waals surface area (Å²) in [6.07, 6.45) is -9.55. The fourth-order valence-corrected chi connectivity index (χ4v) is 3.13. The lowest BCUT2D eigenvalue weighted by atomic mass is 10.1. The molecule has 0 aliphatic heterocycles. The van der Waals surface area contributed by atoms with Gasteiger partial charge in [-0.25, -0.2) is 0 Å². The number of alkyl halides is 6. The zero-order valence-electron chi connectivity index (χ0n) is 7.18. The van der Waals surface area contributed by atoms with E-state index in [0.29, 0.717) is 0 Å². The lowest BCUT2D eigenvalue weighted by Gasteiger charge is -2.14. The lowest BCUT2D eigenvalue weighted by molar-refractivity contribution is -0.143. The molecule has 1 aromatic rings. The van der Waals surface area contributed by atoms with Crippen LogP contribution in [0.1, 0.15) is 11.1 Å². The molecule has 0 aromatic heterocycles. The van der Waals surface area contributed by atoms with E-state index in [9.17, 15) is 26.3 Å². The van der Waals surface area contributed by atoms with E-state index >= 15 is 0 Å². The zero-order valence-corrected chi connectivity index (χ0v) is 11.5. The highest BCUT2D eigenvalue weighted by atomic mass is 127. The van der Waals surface area contributed by atoms with Crippen molar-refractivity contribution in [2.24, 2.45) is 0 Å². The van der Waals surface area contributed by atoms with Gasteiger partial charge in [-0.05, 0) is 57.3 Å². The Hall–Kier alpha value is 0.260. The normalized spacial score (nSPS) is 13.0. The third-order valence-electron chi connectivity index (χ3n) is 1.67. The molecule has 90 valence electrons. The van der Waals surface area contributed by atoms with Gasteiger partial charge in [-0.3, -0.25) is 0 Å². The molecule has 0 aliphatic carbocycles. The molecule has 0 aliphatic rings. The number of halogens is 8. The van der Waals surface area contributed by atoms with Crippen LogP contribution in [0.4, 0.5) is 26.3 Å². The predicted octanol–water partition coefficient (Wildman–Crippen LogP) is 4.93. The topological polar surface area (TPSA) is 0 Å². The van der Waals surface area contributed by atoms with Crippen molar-refractivity contribution in [3.63, 3.8) is 0 Å². The second-order valence-corrected chi connectivity index (χ2v) is 5.13. The summed E-state index contributed by atoms with van der Waals surface area (Å²) < 4.78 is 73.7. The molecular formula is C8H2F6I2. The van der Waals surface area contributed by atoms with E-state index in [4.69, 9.17) is 0 Å². The van der Waals surface area contributed by atoms with Crippen molar-refractivity contribution < 1.29 is 26.3 Å². The fraction of sp³-hybridized carbons (Fsp3) is 0.250. The van der Waals surface area contributed by atoms with Gasteiger partial charge in [0.2, 0.25) is 0 Å². The van der Waals surface area contributed by atoms with Crippen molar-refractivity contribution in [2.45, 2.75) is 12.4 Å².